The van der Waals surface area contributed by atoms with Crippen LogP contribution in [0.3, 0.4) is 0 Å². The van der Waals surface area contributed by atoms with Gasteiger partial charge >= 0.3 is 181 Å². The Morgan fingerprint density at radius 3 is 2.57 bits per heavy atom. The monoisotopic (exact) mass is 505 g/mol. The number of fused-ring (bicyclic) bond motifs is 1. The van der Waals surface area contributed by atoms with Crippen LogP contribution in [0.5, 0.6) is 11.5 Å². The molecule has 1 aliphatic rings. The summed E-state index contributed by atoms with van der Waals surface area (Å²) in [5.41, 5.74) is 6.33. The van der Waals surface area contributed by atoms with Crippen molar-refractivity contribution in [2.45, 2.75) is 34.4 Å². The molecule has 0 aromatic heterocycles. The van der Waals surface area contributed by atoms with Crippen LogP contribution in [0, 0.1) is 6.92 Å². The van der Waals surface area contributed by atoms with E-state index < -0.39 is 24.7 Å². The molecular formula is C19H22AsCl2NO4S. The summed E-state index contributed by atoms with van der Waals surface area (Å²) in [4.78, 5) is 0.00628. The average Bonchev–Trinajstić information content (AvgIpc) is 2.60. The quantitative estimate of drug-likeness (QED) is 0.569. The normalized spacial score (nSPS) is 16.5. The second-order valence-electron chi connectivity index (χ2n) is 6.89. The molecule has 28 heavy (non-hydrogen) atoms. The van der Waals surface area contributed by atoms with E-state index >= 15 is 0 Å². The van der Waals surface area contributed by atoms with Gasteiger partial charge in [-0.3, -0.25) is 0 Å². The second-order valence-corrected chi connectivity index (χ2v) is 14.9. The number of hydrogen-bond acceptors (Lipinski definition) is 4. The van der Waals surface area contributed by atoms with E-state index in [-0.39, 0.29) is 9.92 Å². The van der Waals surface area contributed by atoms with Crippen molar-refractivity contribution in [3.05, 3.63) is 45.4 Å². The fourth-order valence-electron chi connectivity index (χ4n) is 3.27. The number of benzene rings is 2. The van der Waals surface area contributed by atoms with Crippen LogP contribution in [-0.2, 0) is 16.4 Å². The Hall–Kier alpha value is -1.07. The van der Waals surface area contributed by atoms with Gasteiger partial charge in [0.05, 0.1) is 0 Å². The van der Waals surface area contributed by atoms with Crippen LogP contribution in [-0.4, -0.2) is 36.8 Å². The van der Waals surface area contributed by atoms with Crippen molar-refractivity contribution in [2.24, 2.45) is 0 Å². The maximum atomic E-state index is 13.0. The fraction of sp³-hybridized carbons (Fsp3) is 0.368. The first kappa shape index (κ1) is 21.6. The minimum absolute atomic E-state index is 0.00628. The molecule has 0 fully saturated rings. The molecule has 0 saturated carbocycles. The average molecular weight is 506 g/mol. The van der Waals surface area contributed by atoms with Gasteiger partial charge in [0.25, 0.3) is 0 Å². The van der Waals surface area contributed by atoms with Crippen molar-refractivity contribution in [2.75, 3.05) is 18.4 Å². The molecule has 1 N–H and O–H groups in total. The molecule has 9 heteroatoms. The zero-order valence-electron chi connectivity index (χ0n) is 16.0. The van der Waals surface area contributed by atoms with Crippen molar-refractivity contribution in [1.29, 1.82) is 0 Å². The number of hydrogen-bond donors (Lipinski definition) is 1. The molecule has 1 heterocycles. The van der Waals surface area contributed by atoms with E-state index in [4.69, 9.17) is 32.7 Å². The van der Waals surface area contributed by atoms with Crippen molar-refractivity contribution in [3.63, 3.8) is 0 Å². The first-order valence-corrected chi connectivity index (χ1v) is 15.7. The molecule has 2 aromatic carbocycles. The van der Waals surface area contributed by atoms with Gasteiger partial charge in [0.15, 0.2) is 0 Å². The van der Waals surface area contributed by atoms with E-state index in [1.54, 1.807) is 32.2 Å². The Kier molecular flexibility index (Phi) is 6.45. The third-order valence-corrected chi connectivity index (χ3v) is 10.7. The molecule has 0 amide bonds. The Bertz CT molecular complexity index is 988. The van der Waals surface area contributed by atoms with Crippen LogP contribution < -0.4 is 14.2 Å². The Morgan fingerprint density at radius 2 is 1.96 bits per heavy atom. The molecule has 5 nitrogen and oxygen atoms in total. The zero-order valence-corrected chi connectivity index (χ0v) is 20.3. The molecule has 0 spiro atoms. The molecule has 0 bridgehead atoms. The van der Waals surface area contributed by atoms with Crippen LogP contribution >= 0.6 is 23.2 Å². The van der Waals surface area contributed by atoms with Crippen molar-refractivity contribution < 1.29 is 17.9 Å². The van der Waals surface area contributed by atoms with Crippen molar-refractivity contribution in [3.8, 4) is 11.5 Å². The maximum absolute atomic E-state index is 13.0. The summed E-state index contributed by atoms with van der Waals surface area (Å²) in [6.07, 6.45) is 0.821. The molecular weight excluding hydrogens is 484 g/mol. The van der Waals surface area contributed by atoms with E-state index in [0.29, 0.717) is 39.1 Å². The molecule has 0 aliphatic carbocycles. The summed E-state index contributed by atoms with van der Waals surface area (Å²) in [5, 5.41) is 0.461. The van der Waals surface area contributed by atoms with Crippen molar-refractivity contribution in [1.82, 2.24) is 0 Å². The first-order valence-electron chi connectivity index (χ1n) is 8.61. The molecule has 0 saturated heterocycles. The summed E-state index contributed by atoms with van der Waals surface area (Å²) in [6, 6.07) is 6.41. The van der Waals surface area contributed by atoms with Gasteiger partial charge in [0, 0.05) is 0 Å². The number of sulfonamides is 1. The molecule has 1 atom stereocenters. The number of rotatable bonds is 5. The van der Waals surface area contributed by atoms with E-state index in [9.17, 15) is 8.42 Å². The van der Waals surface area contributed by atoms with Gasteiger partial charge in [-0.05, 0) is 0 Å². The molecule has 1 aliphatic heterocycles. The second kappa shape index (κ2) is 8.35. The molecule has 0 radical (unpaired) electrons. The number of nitrogens with one attached hydrogen (secondary N) is 1. The predicted molar refractivity (Wildman–Crippen MR) is 115 cm³/mol. The number of ether oxygens (including phenoxy) is 2. The number of anilines is 1. The number of halogens is 2. The number of aryl methyl sites for hydroxylation is 1. The van der Waals surface area contributed by atoms with E-state index in [1.807, 2.05) is 0 Å². The summed E-state index contributed by atoms with van der Waals surface area (Å²) in [7, 11) is -2.32. The van der Waals surface area contributed by atoms with Crippen LogP contribution in [0.2, 0.25) is 26.2 Å². The SMILES string of the molecule is COc1ccc(NS(=O)(=O)c2c(C)cc(Cl)cc2Cl)c2c1C[C@@H]([As](C)C)CO2. The molecule has 3 rings (SSSR count). The van der Waals surface area contributed by atoms with E-state index in [1.165, 1.54) is 6.07 Å². The molecule has 152 valence electrons. The Labute approximate surface area is 180 Å². The third kappa shape index (κ3) is 4.25. The van der Waals surface area contributed by atoms with Gasteiger partial charge in [-0.2, -0.15) is 0 Å². The van der Waals surface area contributed by atoms with Crippen LogP contribution in [0.4, 0.5) is 5.69 Å². The summed E-state index contributed by atoms with van der Waals surface area (Å²) >= 11 is 11.2. The molecule has 0 unspecified atom stereocenters. The van der Waals surface area contributed by atoms with Crippen LogP contribution in [0.15, 0.2) is 29.2 Å². The van der Waals surface area contributed by atoms with Gasteiger partial charge < -0.3 is 0 Å². The van der Waals surface area contributed by atoms with Gasteiger partial charge in [0.2, 0.25) is 0 Å². The van der Waals surface area contributed by atoms with Crippen molar-refractivity contribution >= 4 is 53.6 Å². The summed E-state index contributed by atoms with van der Waals surface area (Å²) < 4.78 is 40.7. The van der Waals surface area contributed by atoms with E-state index in [0.717, 1.165) is 12.0 Å². The van der Waals surface area contributed by atoms with E-state index in [2.05, 4.69) is 16.1 Å². The Balaban J connectivity index is 2.03. The first-order chi connectivity index (χ1) is 13.1. The molecule has 2 aromatic rings. The van der Waals surface area contributed by atoms with Crippen LogP contribution in [0.1, 0.15) is 11.1 Å². The van der Waals surface area contributed by atoms with Gasteiger partial charge in [-0.1, -0.05) is 0 Å². The Morgan fingerprint density at radius 1 is 1.25 bits per heavy atom. The fourth-order valence-corrected chi connectivity index (χ4v) is 7.45. The minimum atomic E-state index is -3.93. The predicted octanol–water partition coefficient (Wildman–Crippen LogP) is 5.17. The zero-order chi connectivity index (χ0) is 20.6. The summed E-state index contributed by atoms with van der Waals surface area (Å²) in [6.45, 7) is 2.24. The van der Waals surface area contributed by atoms with Gasteiger partial charge in [0.1, 0.15) is 0 Å². The summed E-state index contributed by atoms with van der Waals surface area (Å²) in [5.74, 6) is 1.23. The van der Waals surface area contributed by atoms with Crippen LogP contribution in [0.25, 0.3) is 0 Å². The third-order valence-electron chi connectivity index (χ3n) is 4.73. The topological polar surface area (TPSA) is 64.6 Å². The van der Waals surface area contributed by atoms with Gasteiger partial charge in [-0.15, -0.1) is 0 Å². The number of methoxy groups -OCH3 is 1. The van der Waals surface area contributed by atoms with Gasteiger partial charge in [-0.25, -0.2) is 0 Å². The standard InChI is InChI=1S/C19H22AsCl2NO4S/c1-11-7-13(21)9-15(22)19(11)28(24,25)23-16-5-6-17(26-4)14-8-12(20(2)3)10-27-18(14)16/h5-7,9,12,23H,8,10H2,1-4H3/t12-/m1/s1.